The lowest BCUT2D eigenvalue weighted by atomic mass is 10.0. The zero-order chi connectivity index (χ0) is 19.3. The van der Waals surface area contributed by atoms with Crippen LogP contribution in [0.5, 0.6) is 0 Å². The number of pyridine rings is 1. The molecule has 0 fully saturated rings. The van der Waals surface area contributed by atoms with Crippen LogP contribution in [0.4, 0.5) is 0 Å². The van der Waals surface area contributed by atoms with Gasteiger partial charge >= 0.3 is 0 Å². The van der Waals surface area contributed by atoms with E-state index in [-0.39, 0.29) is 11.8 Å². The second-order valence-corrected chi connectivity index (χ2v) is 6.87. The minimum absolute atomic E-state index is 0.0874. The average Bonchev–Trinajstić information content (AvgIpc) is 3.08. The molecule has 0 spiro atoms. The van der Waals surface area contributed by atoms with Crippen LogP contribution in [0, 0.1) is 0 Å². The van der Waals surface area contributed by atoms with Crippen LogP contribution in [0.15, 0.2) is 79.1 Å². The second-order valence-electron chi connectivity index (χ2n) is 6.87. The molecule has 1 aromatic heterocycles. The van der Waals surface area contributed by atoms with Crippen LogP contribution in [0.2, 0.25) is 0 Å². The Morgan fingerprint density at radius 3 is 2.43 bits per heavy atom. The van der Waals surface area contributed by atoms with E-state index >= 15 is 0 Å². The van der Waals surface area contributed by atoms with E-state index in [2.05, 4.69) is 10.3 Å². The number of hydrogen-bond donors (Lipinski definition) is 1. The van der Waals surface area contributed by atoms with Crippen molar-refractivity contribution in [2.45, 2.75) is 25.6 Å². The van der Waals surface area contributed by atoms with Gasteiger partial charge in [0.05, 0.1) is 0 Å². The third-order valence-corrected chi connectivity index (χ3v) is 5.02. The van der Waals surface area contributed by atoms with Crippen molar-refractivity contribution in [1.29, 1.82) is 0 Å². The maximum absolute atomic E-state index is 13.1. The van der Waals surface area contributed by atoms with E-state index in [9.17, 15) is 9.59 Å². The Labute approximate surface area is 164 Å². The molecule has 0 aliphatic carbocycles. The molecule has 1 atom stereocenters. The molecule has 2 amide bonds. The maximum atomic E-state index is 13.1. The van der Waals surface area contributed by atoms with Crippen LogP contribution in [0.25, 0.3) is 0 Å². The molecule has 0 saturated carbocycles. The first kappa shape index (κ1) is 17.9. The number of nitrogens with zero attached hydrogens (tertiary/aromatic N) is 2. The Kier molecular flexibility index (Phi) is 5.15. The van der Waals surface area contributed by atoms with Crippen LogP contribution in [-0.2, 0) is 24.3 Å². The van der Waals surface area contributed by atoms with Crippen molar-refractivity contribution in [2.24, 2.45) is 0 Å². The summed E-state index contributed by atoms with van der Waals surface area (Å²) in [5, 5.41) is 2.98. The monoisotopic (exact) mass is 371 g/mol. The molecule has 1 N–H and O–H groups in total. The summed E-state index contributed by atoms with van der Waals surface area (Å²) in [7, 11) is 0. The number of fused-ring (bicyclic) bond motifs is 1. The SMILES string of the molecule is O=C(NCc1ccncc1)[C@H](Cc1ccccc1)N1Cc2ccccc2C1=O. The van der Waals surface area contributed by atoms with Crippen molar-refractivity contribution in [1.82, 2.24) is 15.2 Å². The van der Waals surface area contributed by atoms with E-state index in [0.717, 1.165) is 16.7 Å². The third-order valence-electron chi connectivity index (χ3n) is 5.02. The predicted molar refractivity (Wildman–Crippen MR) is 106 cm³/mol. The van der Waals surface area contributed by atoms with Gasteiger partial charge in [-0.15, -0.1) is 0 Å². The first-order valence-corrected chi connectivity index (χ1v) is 9.32. The van der Waals surface area contributed by atoms with E-state index in [1.807, 2.05) is 66.7 Å². The summed E-state index contributed by atoms with van der Waals surface area (Å²) < 4.78 is 0. The zero-order valence-electron chi connectivity index (χ0n) is 15.4. The predicted octanol–water partition coefficient (Wildman–Crippen LogP) is 2.97. The fourth-order valence-corrected chi connectivity index (χ4v) is 3.52. The second kappa shape index (κ2) is 8.05. The van der Waals surface area contributed by atoms with Gasteiger partial charge < -0.3 is 10.2 Å². The minimum atomic E-state index is -0.566. The normalized spacial score (nSPS) is 13.9. The number of hydrogen-bond acceptors (Lipinski definition) is 3. The minimum Gasteiger partial charge on any atom is -0.350 e. The molecule has 140 valence electrons. The molecule has 4 rings (SSSR count). The van der Waals surface area contributed by atoms with Gasteiger partial charge in [-0.1, -0.05) is 48.5 Å². The third kappa shape index (κ3) is 3.78. The first-order chi connectivity index (χ1) is 13.7. The van der Waals surface area contributed by atoms with Crippen molar-refractivity contribution in [3.63, 3.8) is 0 Å². The summed E-state index contributed by atoms with van der Waals surface area (Å²) >= 11 is 0. The summed E-state index contributed by atoms with van der Waals surface area (Å²) in [5.74, 6) is -0.239. The molecular weight excluding hydrogens is 350 g/mol. The molecule has 1 aliphatic heterocycles. The number of amides is 2. The van der Waals surface area contributed by atoms with Gasteiger partial charge in [0.25, 0.3) is 5.91 Å². The molecule has 3 aromatic rings. The molecule has 0 radical (unpaired) electrons. The molecule has 0 saturated heterocycles. The van der Waals surface area contributed by atoms with Gasteiger partial charge in [0.15, 0.2) is 0 Å². The van der Waals surface area contributed by atoms with Gasteiger partial charge in [-0.25, -0.2) is 0 Å². The van der Waals surface area contributed by atoms with Gasteiger partial charge in [-0.2, -0.15) is 0 Å². The Hall–Kier alpha value is -3.47. The first-order valence-electron chi connectivity index (χ1n) is 9.32. The van der Waals surface area contributed by atoms with Gasteiger partial charge in [0.1, 0.15) is 6.04 Å². The average molecular weight is 371 g/mol. The molecule has 2 aromatic carbocycles. The van der Waals surface area contributed by atoms with Crippen LogP contribution in [-0.4, -0.2) is 27.7 Å². The summed E-state index contributed by atoms with van der Waals surface area (Å²) in [6.45, 7) is 0.858. The number of carbonyl (C=O) groups is 2. The van der Waals surface area contributed by atoms with Gasteiger partial charge in [0.2, 0.25) is 5.91 Å². The lowest BCUT2D eigenvalue weighted by Gasteiger charge is -2.27. The summed E-state index contributed by atoms with van der Waals surface area (Å²) in [6.07, 6.45) is 3.87. The smallest absolute Gasteiger partial charge is 0.255 e. The van der Waals surface area contributed by atoms with E-state index in [1.54, 1.807) is 17.3 Å². The number of carbonyl (C=O) groups excluding carboxylic acids is 2. The molecule has 28 heavy (non-hydrogen) atoms. The van der Waals surface area contributed by atoms with E-state index in [1.165, 1.54) is 0 Å². The number of nitrogens with one attached hydrogen (secondary N) is 1. The Bertz CT molecular complexity index is 973. The molecule has 0 bridgehead atoms. The summed E-state index contributed by atoms with van der Waals surface area (Å²) in [5.41, 5.74) is 3.64. The number of aromatic nitrogens is 1. The largest absolute Gasteiger partial charge is 0.350 e. The molecule has 0 unspecified atom stereocenters. The van der Waals surface area contributed by atoms with Crippen molar-refractivity contribution in [2.75, 3.05) is 0 Å². The highest BCUT2D eigenvalue weighted by Crippen LogP contribution is 2.26. The molecular formula is C23H21N3O2. The van der Waals surface area contributed by atoms with Crippen LogP contribution in [0.3, 0.4) is 0 Å². The van der Waals surface area contributed by atoms with Gasteiger partial charge in [-0.05, 0) is 34.9 Å². The van der Waals surface area contributed by atoms with Gasteiger partial charge in [0, 0.05) is 37.5 Å². The maximum Gasteiger partial charge on any atom is 0.255 e. The van der Waals surface area contributed by atoms with E-state index in [4.69, 9.17) is 0 Å². The summed E-state index contributed by atoms with van der Waals surface area (Å²) in [4.78, 5) is 31.7. The highest BCUT2D eigenvalue weighted by Gasteiger charge is 2.36. The molecule has 5 heteroatoms. The lowest BCUT2D eigenvalue weighted by Crippen LogP contribution is -2.48. The van der Waals surface area contributed by atoms with E-state index in [0.29, 0.717) is 25.1 Å². The number of rotatable bonds is 6. The highest BCUT2D eigenvalue weighted by molar-refractivity contribution is 6.01. The summed E-state index contributed by atoms with van der Waals surface area (Å²) in [6, 6.07) is 20.5. The topological polar surface area (TPSA) is 62.3 Å². The number of benzene rings is 2. The Morgan fingerprint density at radius 2 is 1.68 bits per heavy atom. The standard InChI is InChI=1S/C23H21N3O2/c27-22(25-15-18-10-12-24-13-11-18)21(14-17-6-2-1-3-7-17)26-16-19-8-4-5-9-20(19)23(26)28/h1-13,21H,14-16H2,(H,25,27)/t21-/m0/s1. The van der Waals surface area contributed by atoms with Crippen molar-refractivity contribution in [3.05, 3.63) is 101 Å². The Morgan fingerprint density at radius 1 is 0.964 bits per heavy atom. The lowest BCUT2D eigenvalue weighted by molar-refractivity contribution is -0.125. The zero-order valence-corrected chi connectivity index (χ0v) is 15.4. The molecule has 2 heterocycles. The highest BCUT2D eigenvalue weighted by atomic mass is 16.2. The van der Waals surface area contributed by atoms with Crippen molar-refractivity contribution < 1.29 is 9.59 Å². The van der Waals surface area contributed by atoms with Crippen LogP contribution < -0.4 is 5.32 Å². The Balaban J connectivity index is 1.55. The van der Waals surface area contributed by atoms with Crippen molar-refractivity contribution in [3.8, 4) is 0 Å². The van der Waals surface area contributed by atoms with Crippen LogP contribution >= 0.6 is 0 Å². The van der Waals surface area contributed by atoms with Crippen LogP contribution in [0.1, 0.15) is 27.0 Å². The van der Waals surface area contributed by atoms with Crippen molar-refractivity contribution >= 4 is 11.8 Å². The fourth-order valence-electron chi connectivity index (χ4n) is 3.52. The quantitative estimate of drug-likeness (QED) is 0.725. The van der Waals surface area contributed by atoms with Gasteiger partial charge in [-0.3, -0.25) is 14.6 Å². The fraction of sp³-hybridized carbons (Fsp3) is 0.174. The molecule has 5 nitrogen and oxygen atoms in total. The molecule has 1 aliphatic rings. The van der Waals surface area contributed by atoms with E-state index < -0.39 is 6.04 Å².